The fourth-order valence-electron chi connectivity index (χ4n) is 3.27. The third kappa shape index (κ3) is 4.79. The van der Waals surface area contributed by atoms with Crippen LogP contribution in [0.5, 0.6) is 5.75 Å². The van der Waals surface area contributed by atoms with Crippen LogP contribution in [0.15, 0.2) is 51.8 Å². The number of piperidine rings is 1. The minimum atomic E-state index is -3.73. The van der Waals surface area contributed by atoms with Crippen molar-refractivity contribution >= 4 is 43.2 Å². The Balaban J connectivity index is 1.77. The zero-order valence-electron chi connectivity index (χ0n) is 16.1. The van der Waals surface area contributed by atoms with Crippen molar-refractivity contribution in [2.45, 2.75) is 17.7 Å². The Kier molecular flexibility index (Phi) is 6.74. The number of ether oxygens (including phenoxy) is 1. The molecule has 11 heteroatoms. The Bertz CT molecular complexity index is 1060. The Hall–Kier alpha value is -2.50. The average molecular weight is 498 g/mol. The van der Waals surface area contributed by atoms with Crippen LogP contribution in [-0.4, -0.2) is 43.8 Å². The van der Waals surface area contributed by atoms with Crippen LogP contribution in [0.3, 0.4) is 0 Å². The number of halogens is 1. The number of anilines is 1. The van der Waals surface area contributed by atoms with E-state index < -0.39 is 26.8 Å². The molecule has 1 amide bonds. The molecule has 1 N–H and O–H groups in total. The van der Waals surface area contributed by atoms with Crippen molar-refractivity contribution in [2.75, 3.05) is 25.5 Å². The van der Waals surface area contributed by atoms with Gasteiger partial charge in [0.25, 0.3) is 5.69 Å². The monoisotopic (exact) mass is 497 g/mol. The molecule has 3 rings (SSSR count). The number of methoxy groups -OCH3 is 1. The lowest BCUT2D eigenvalue weighted by Crippen LogP contribution is -2.43. The van der Waals surface area contributed by atoms with Gasteiger partial charge in [-0.15, -0.1) is 0 Å². The zero-order valence-corrected chi connectivity index (χ0v) is 18.5. The number of hydrogen-bond donors (Lipinski definition) is 1. The van der Waals surface area contributed by atoms with Gasteiger partial charge in [0.15, 0.2) is 0 Å². The van der Waals surface area contributed by atoms with Crippen LogP contribution in [0.2, 0.25) is 0 Å². The van der Waals surface area contributed by atoms with Gasteiger partial charge >= 0.3 is 0 Å². The third-order valence-corrected chi connectivity index (χ3v) is 7.27. The summed E-state index contributed by atoms with van der Waals surface area (Å²) >= 11 is 3.28. The second kappa shape index (κ2) is 9.11. The molecule has 1 saturated heterocycles. The molecular weight excluding hydrogens is 478 g/mol. The molecular formula is C19H20BrN3O6S. The van der Waals surface area contributed by atoms with Crippen molar-refractivity contribution in [3.63, 3.8) is 0 Å². The van der Waals surface area contributed by atoms with Gasteiger partial charge in [0.1, 0.15) is 5.75 Å². The second-order valence-corrected chi connectivity index (χ2v) is 9.64. The van der Waals surface area contributed by atoms with E-state index in [4.69, 9.17) is 4.74 Å². The molecule has 1 unspecified atom stereocenters. The summed E-state index contributed by atoms with van der Waals surface area (Å²) in [6.45, 7) is 0.351. The van der Waals surface area contributed by atoms with Crippen LogP contribution >= 0.6 is 15.9 Å². The average Bonchev–Trinajstić information content (AvgIpc) is 2.74. The number of rotatable bonds is 6. The number of benzene rings is 2. The predicted molar refractivity (Wildman–Crippen MR) is 114 cm³/mol. The molecule has 0 aliphatic carbocycles. The van der Waals surface area contributed by atoms with E-state index in [1.54, 1.807) is 12.1 Å². The van der Waals surface area contributed by atoms with Gasteiger partial charge in [-0.1, -0.05) is 15.9 Å². The van der Waals surface area contributed by atoms with Crippen LogP contribution in [0.4, 0.5) is 11.4 Å². The van der Waals surface area contributed by atoms with Gasteiger partial charge in [-0.05, 0) is 43.2 Å². The van der Waals surface area contributed by atoms with Crippen molar-refractivity contribution in [3.8, 4) is 5.75 Å². The fraction of sp³-hybridized carbons (Fsp3) is 0.316. The number of carbonyl (C=O) groups excluding carboxylic acids is 1. The Morgan fingerprint density at radius 2 is 1.97 bits per heavy atom. The van der Waals surface area contributed by atoms with E-state index in [1.807, 2.05) is 0 Å². The Morgan fingerprint density at radius 3 is 2.60 bits per heavy atom. The molecule has 9 nitrogen and oxygen atoms in total. The fourth-order valence-corrected chi connectivity index (χ4v) is 5.06. The van der Waals surface area contributed by atoms with Crippen molar-refractivity contribution in [2.24, 2.45) is 5.92 Å². The van der Waals surface area contributed by atoms with Gasteiger partial charge < -0.3 is 10.1 Å². The molecule has 1 aliphatic rings. The van der Waals surface area contributed by atoms with E-state index >= 15 is 0 Å². The maximum absolute atomic E-state index is 12.9. The van der Waals surface area contributed by atoms with Gasteiger partial charge in [0.2, 0.25) is 15.9 Å². The number of hydrogen-bond acceptors (Lipinski definition) is 6. The minimum Gasteiger partial charge on any atom is -0.495 e. The second-order valence-electron chi connectivity index (χ2n) is 6.79. The Morgan fingerprint density at radius 1 is 1.27 bits per heavy atom. The number of carbonyl (C=O) groups is 1. The first-order chi connectivity index (χ1) is 14.2. The molecule has 0 aromatic heterocycles. The topological polar surface area (TPSA) is 119 Å². The van der Waals surface area contributed by atoms with E-state index in [0.29, 0.717) is 19.4 Å². The van der Waals surface area contributed by atoms with Crippen LogP contribution in [0.25, 0.3) is 0 Å². The van der Waals surface area contributed by atoms with Gasteiger partial charge in [-0.3, -0.25) is 14.9 Å². The number of nitro groups is 1. The number of sulfonamides is 1. The lowest BCUT2D eigenvalue weighted by Gasteiger charge is -2.31. The van der Waals surface area contributed by atoms with Crippen LogP contribution < -0.4 is 10.1 Å². The highest BCUT2D eigenvalue weighted by Gasteiger charge is 2.33. The maximum atomic E-state index is 12.9. The molecule has 2 aromatic carbocycles. The van der Waals surface area contributed by atoms with E-state index in [-0.39, 0.29) is 28.6 Å². The van der Waals surface area contributed by atoms with Crippen LogP contribution in [0, 0.1) is 16.0 Å². The Labute approximate surface area is 182 Å². The van der Waals surface area contributed by atoms with Crippen LogP contribution in [-0.2, 0) is 14.8 Å². The summed E-state index contributed by atoms with van der Waals surface area (Å²) in [7, 11) is -2.34. The molecule has 0 bridgehead atoms. The quantitative estimate of drug-likeness (QED) is 0.482. The van der Waals surface area contributed by atoms with Gasteiger partial charge in [-0.25, -0.2) is 8.42 Å². The number of amides is 1. The number of nitro benzene ring substituents is 1. The molecule has 30 heavy (non-hydrogen) atoms. The summed E-state index contributed by atoms with van der Waals surface area (Å²) in [5.41, 5.74) is -0.0150. The summed E-state index contributed by atoms with van der Waals surface area (Å²) in [5, 5.41) is 13.7. The first kappa shape index (κ1) is 22.2. The maximum Gasteiger partial charge on any atom is 0.271 e. The highest BCUT2D eigenvalue weighted by Crippen LogP contribution is 2.31. The summed E-state index contributed by atoms with van der Waals surface area (Å²) in [6.07, 6.45) is 1.04. The van der Waals surface area contributed by atoms with E-state index in [0.717, 1.165) is 4.47 Å². The van der Waals surface area contributed by atoms with E-state index in [2.05, 4.69) is 21.2 Å². The van der Waals surface area contributed by atoms with Crippen molar-refractivity contribution < 1.29 is 22.9 Å². The standard InChI is InChI=1S/C19H20BrN3O6S/c1-29-18-9-6-15(23(25)26)11-17(18)21-19(24)13-3-2-10-22(12-13)30(27,28)16-7-4-14(20)5-8-16/h4-9,11,13H,2-3,10,12H2,1H3,(H,21,24). The summed E-state index contributed by atoms with van der Waals surface area (Å²) in [4.78, 5) is 23.4. The summed E-state index contributed by atoms with van der Waals surface area (Å²) in [6, 6.07) is 10.2. The molecule has 0 spiro atoms. The molecule has 1 atom stereocenters. The van der Waals surface area contributed by atoms with Gasteiger partial charge in [0.05, 0.1) is 28.5 Å². The molecule has 0 saturated carbocycles. The van der Waals surface area contributed by atoms with Crippen molar-refractivity contribution in [3.05, 3.63) is 57.1 Å². The lowest BCUT2D eigenvalue weighted by atomic mass is 9.98. The molecule has 1 fully saturated rings. The first-order valence-electron chi connectivity index (χ1n) is 9.11. The number of nitrogens with one attached hydrogen (secondary N) is 1. The zero-order chi connectivity index (χ0) is 21.9. The van der Waals surface area contributed by atoms with E-state index in [1.165, 1.54) is 41.7 Å². The van der Waals surface area contributed by atoms with Gasteiger partial charge in [0, 0.05) is 29.7 Å². The van der Waals surface area contributed by atoms with E-state index in [9.17, 15) is 23.3 Å². The molecule has 0 radical (unpaired) electrons. The van der Waals surface area contributed by atoms with Crippen molar-refractivity contribution in [1.29, 1.82) is 0 Å². The summed E-state index contributed by atoms with van der Waals surface area (Å²) in [5.74, 6) is -0.721. The van der Waals surface area contributed by atoms with Crippen molar-refractivity contribution in [1.82, 2.24) is 4.31 Å². The molecule has 1 heterocycles. The molecule has 160 valence electrons. The SMILES string of the molecule is COc1ccc([N+](=O)[O-])cc1NC(=O)C1CCCN(S(=O)(=O)c2ccc(Br)cc2)C1. The molecule has 2 aromatic rings. The predicted octanol–water partition coefficient (Wildman–Crippen LogP) is 3.41. The minimum absolute atomic E-state index is 0.0292. The first-order valence-corrected chi connectivity index (χ1v) is 11.3. The molecule has 1 aliphatic heterocycles. The number of nitrogens with zero attached hydrogens (tertiary/aromatic N) is 2. The summed E-state index contributed by atoms with van der Waals surface area (Å²) < 4.78 is 33.1. The highest BCUT2D eigenvalue weighted by atomic mass is 79.9. The van der Waals surface area contributed by atoms with Gasteiger partial charge in [-0.2, -0.15) is 4.31 Å². The van der Waals surface area contributed by atoms with Crippen LogP contribution in [0.1, 0.15) is 12.8 Å². The largest absolute Gasteiger partial charge is 0.495 e. The number of non-ortho nitro benzene ring substituents is 1. The normalized spacial score (nSPS) is 17.3. The lowest BCUT2D eigenvalue weighted by molar-refractivity contribution is -0.384. The third-order valence-electron chi connectivity index (χ3n) is 4.86. The highest BCUT2D eigenvalue weighted by molar-refractivity contribution is 9.10. The smallest absolute Gasteiger partial charge is 0.271 e.